The van der Waals surface area contributed by atoms with Gasteiger partial charge in [0.25, 0.3) is 0 Å². The van der Waals surface area contributed by atoms with Crippen molar-refractivity contribution in [1.82, 2.24) is 0 Å². The third kappa shape index (κ3) is 2.84. The van der Waals surface area contributed by atoms with Gasteiger partial charge < -0.3 is 4.80 Å². The molecule has 0 saturated carbocycles. The fourth-order valence-electron chi connectivity index (χ4n) is 1.30. The summed E-state index contributed by atoms with van der Waals surface area (Å²) in [6, 6.07) is 0. The Balaban J connectivity index is 4.23. The van der Waals surface area contributed by atoms with Crippen LogP contribution in [-0.4, -0.2) is 13.8 Å². The van der Waals surface area contributed by atoms with Crippen molar-refractivity contribution in [1.29, 1.82) is 0 Å². The summed E-state index contributed by atoms with van der Waals surface area (Å²) in [6.07, 6.45) is 0. The highest BCUT2D eigenvalue weighted by Crippen LogP contribution is 2.39. The molecule has 0 spiro atoms. The van der Waals surface area contributed by atoms with Crippen LogP contribution in [0, 0.1) is 0 Å². The molecule has 0 amide bonds. The molecule has 10 heavy (non-hydrogen) atoms. The molecule has 0 aromatic carbocycles. The third-order valence-corrected chi connectivity index (χ3v) is 4.92. The van der Waals surface area contributed by atoms with Crippen molar-refractivity contribution in [2.24, 2.45) is 0 Å². The Hall–Kier alpha value is 0.177. The molecule has 0 aliphatic rings. The van der Waals surface area contributed by atoms with Crippen LogP contribution in [0.15, 0.2) is 0 Å². The highest BCUT2D eigenvalue weighted by molar-refractivity contribution is 6.57. The molecule has 0 heterocycles. The molecule has 0 unspecified atom stereocenters. The monoisotopic (exact) mass is 160 g/mol. The molecule has 0 atom stereocenters. The fraction of sp³-hybridized carbons (Fsp3) is 1.00. The zero-order valence-corrected chi connectivity index (χ0v) is 9.18. The highest BCUT2D eigenvalue weighted by Gasteiger charge is 2.35. The van der Waals surface area contributed by atoms with E-state index in [0.717, 1.165) is 0 Å². The summed E-state index contributed by atoms with van der Waals surface area (Å²) >= 11 is 0. The Morgan fingerprint density at radius 3 is 1.00 bits per heavy atom. The van der Waals surface area contributed by atoms with E-state index in [0.29, 0.717) is 0 Å². The van der Waals surface area contributed by atoms with Crippen molar-refractivity contribution >= 4 is 9.04 Å². The highest BCUT2D eigenvalue weighted by atomic mass is 28.3. The first-order valence-corrected chi connectivity index (χ1v) is 5.51. The third-order valence-electron chi connectivity index (χ3n) is 1.64. The lowest BCUT2D eigenvalue weighted by Crippen LogP contribution is -2.34. The Morgan fingerprint density at radius 1 is 0.800 bits per heavy atom. The van der Waals surface area contributed by atoms with Crippen LogP contribution >= 0.6 is 0 Å². The fourth-order valence-corrected chi connectivity index (χ4v) is 3.90. The Kier molecular flexibility index (Phi) is 2.71. The van der Waals surface area contributed by atoms with Gasteiger partial charge in [-0.2, -0.15) is 0 Å². The van der Waals surface area contributed by atoms with Crippen LogP contribution < -0.4 is 0 Å². The minimum Gasteiger partial charge on any atom is -0.434 e. The van der Waals surface area contributed by atoms with Gasteiger partial charge in [-0.1, -0.05) is 41.5 Å². The van der Waals surface area contributed by atoms with Crippen molar-refractivity contribution in [3.8, 4) is 0 Å². The maximum absolute atomic E-state index is 9.86. The standard InChI is InChI=1S/C8H20OSi/c1-7(2,3)10(9)8(4,5)6/h9-10H,1-6H3. The molecule has 0 saturated heterocycles. The minimum absolute atomic E-state index is 0.137. The van der Waals surface area contributed by atoms with Gasteiger partial charge >= 0.3 is 0 Å². The molecule has 0 aliphatic heterocycles. The van der Waals surface area contributed by atoms with E-state index in [1.807, 2.05) is 0 Å². The van der Waals surface area contributed by atoms with Crippen molar-refractivity contribution in [3.05, 3.63) is 0 Å². The topological polar surface area (TPSA) is 20.2 Å². The number of hydrogen-bond acceptors (Lipinski definition) is 1. The second-order valence-electron chi connectivity index (χ2n) is 5.13. The van der Waals surface area contributed by atoms with Crippen molar-refractivity contribution in [3.63, 3.8) is 0 Å². The maximum Gasteiger partial charge on any atom is 0.183 e. The normalized spacial score (nSPS) is 14.4. The lowest BCUT2D eigenvalue weighted by atomic mass is 10.2. The van der Waals surface area contributed by atoms with Gasteiger partial charge in [-0.25, -0.2) is 0 Å². The lowest BCUT2D eigenvalue weighted by molar-refractivity contribution is 0.456. The van der Waals surface area contributed by atoms with E-state index in [1.54, 1.807) is 0 Å². The average molecular weight is 160 g/mol. The molecule has 1 N–H and O–H groups in total. The molecule has 2 heteroatoms. The van der Waals surface area contributed by atoms with E-state index >= 15 is 0 Å². The summed E-state index contributed by atoms with van der Waals surface area (Å²) in [7, 11) is -1.58. The molecule has 0 fully saturated rings. The van der Waals surface area contributed by atoms with Gasteiger partial charge in [0.2, 0.25) is 0 Å². The molecule has 0 aliphatic carbocycles. The summed E-state index contributed by atoms with van der Waals surface area (Å²) in [5.41, 5.74) is 0. The Bertz CT molecular complexity index is 93.4. The van der Waals surface area contributed by atoms with Gasteiger partial charge in [-0.3, -0.25) is 0 Å². The van der Waals surface area contributed by atoms with Gasteiger partial charge in [0.15, 0.2) is 9.04 Å². The van der Waals surface area contributed by atoms with Crippen LogP contribution in [0.2, 0.25) is 10.1 Å². The van der Waals surface area contributed by atoms with E-state index in [4.69, 9.17) is 0 Å². The van der Waals surface area contributed by atoms with E-state index in [1.165, 1.54) is 0 Å². The van der Waals surface area contributed by atoms with E-state index < -0.39 is 9.04 Å². The first-order valence-electron chi connectivity index (χ1n) is 3.84. The first-order chi connectivity index (χ1) is 4.15. The Morgan fingerprint density at radius 2 is 1.00 bits per heavy atom. The van der Waals surface area contributed by atoms with Gasteiger partial charge in [-0.15, -0.1) is 0 Å². The van der Waals surface area contributed by atoms with E-state index in [2.05, 4.69) is 41.5 Å². The van der Waals surface area contributed by atoms with E-state index in [9.17, 15) is 4.80 Å². The Labute approximate surface area is 66.2 Å². The SMILES string of the molecule is CC(C)(C)[SiH](O)C(C)(C)C. The molecular formula is C8H20OSi. The molecule has 0 rings (SSSR count). The van der Waals surface area contributed by atoms with Gasteiger partial charge in [-0.05, 0) is 10.1 Å². The smallest absolute Gasteiger partial charge is 0.183 e. The summed E-state index contributed by atoms with van der Waals surface area (Å²) in [5, 5.41) is 0.274. The van der Waals surface area contributed by atoms with E-state index in [-0.39, 0.29) is 10.1 Å². The van der Waals surface area contributed by atoms with Crippen LogP contribution in [0.25, 0.3) is 0 Å². The second kappa shape index (κ2) is 2.66. The summed E-state index contributed by atoms with van der Waals surface area (Å²) in [5.74, 6) is 0. The molecule has 0 bridgehead atoms. The molecule has 62 valence electrons. The predicted octanol–water partition coefficient (Wildman–Crippen LogP) is 2.30. The lowest BCUT2D eigenvalue weighted by Gasteiger charge is -2.34. The predicted molar refractivity (Wildman–Crippen MR) is 48.8 cm³/mol. The zero-order chi connectivity index (χ0) is 8.58. The second-order valence-corrected chi connectivity index (χ2v) is 9.40. The maximum atomic E-state index is 9.86. The van der Waals surface area contributed by atoms with Crippen LogP contribution in [-0.2, 0) is 0 Å². The zero-order valence-electron chi connectivity index (χ0n) is 8.02. The van der Waals surface area contributed by atoms with Crippen LogP contribution in [0.3, 0.4) is 0 Å². The molecule has 0 radical (unpaired) electrons. The van der Waals surface area contributed by atoms with Gasteiger partial charge in [0, 0.05) is 0 Å². The molecule has 1 nitrogen and oxygen atoms in total. The van der Waals surface area contributed by atoms with Crippen molar-refractivity contribution in [2.75, 3.05) is 0 Å². The quantitative estimate of drug-likeness (QED) is 0.539. The molecule has 0 aromatic rings. The van der Waals surface area contributed by atoms with Crippen LogP contribution in [0.5, 0.6) is 0 Å². The van der Waals surface area contributed by atoms with Crippen LogP contribution in [0.1, 0.15) is 41.5 Å². The molecule has 0 aromatic heterocycles. The van der Waals surface area contributed by atoms with Gasteiger partial charge in [0.05, 0.1) is 0 Å². The largest absolute Gasteiger partial charge is 0.434 e. The van der Waals surface area contributed by atoms with Crippen LogP contribution in [0.4, 0.5) is 0 Å². The number of hydrogen-bond donors (Lipinski definition) is 1. The van der Waals surface area contributed by atoms with Gasteiger partial charge in [0.1, 0.15) is 0 Å². The first kappa shape index (κ1) is 10.2. The van der Waals surface area contributed by atoms with Crippen molar-refractivity contribution in [2.45, 2.75) is 51.6 Å². The van der Waals surface area contributed by atoms with Crippen molar-refractivity contribution < 1.29 is 4.80 Å². The summed E-state index contributed by atoms with van der Waals surface area (Å²) in [4.78, 5) is 9.86. The summed E-state index contributed by atoms with van der Waals surface area (Å²) in [6.45, 7) is 12.7. The number of rotatable bonds is 0. The average Bonchev–Trinajstić information content (AvgIpc) is 1.59. The minimum atomic E-state index is -1.58. The summed E-state index contributed by atoms with van der Waals surface area (Å²) < 4.78 is 0. The molecular weight excluding hydrogens is 140 g/mol.